The molecule has 7 heteroatoms. The van der Waals surface area contributed by atoms with E-state index in [1.165, 1.54) is 26.4 Å². The molecule has 2 aromatic carbocycles. The number of ketones is 1. The number of hydrogen-bond donors (Lipinski definition) is 2. The van der Waals surface area contributed by atoms with E-state index in [4.69, 9.17) is 18.9 Å². The summed E-state index contributed by atoms with van der Waals surface area (Å²) < 4.78 is 22.2. The molecule has 0 aliphatic rings. The Morgan fingerprint density at radius 3 is 1.44 bits per heavy atom. The Kier molecular flexibility index (Phi) is 11.4. The number of rotatable bonds is 16. The predicted molar refractivity (Wildman–Crippen MR) is 132 cm³/mol. The lowest BCUT2D eigenvalue weighted by atomic mass is 9.99. The zero-order valence-corrected chi connectivity index (χ0v) is 20.8. The zero-order valence-electron chi connectivity index (χ0n) is 20.8. The number of phenols is 2. The first-order chi connectivity index (χ1) is 16.5. The smallest absolute Gasteiger partial charge is 0.207 e. The number of carbonyl (C=O) groups is 1. The first-order valence-electron chi connectivity index (χ1n) is 12.1. The van der Waals surface area contributed by atoms with E-state index in [0.717, 1.165) is 51.4 Å². The molecule has 0 aliphatic heterocycles. The van der Waals surface area contributed by atoms with Gasteiger partial charge in [0.2, 0.25) is 5.78 Å². The van der Waals surface area contributed by atoms with Gasteiger partial charge < -0.3 is 29.2 Å². The Morgan fingerprint density at radius 2 is 1.09 bits per heavy atom. The molecule has 0 bridgehead atoms. The molecule has 0 atom stereocenters. The number of hydrogen-bond acceptors (Lipinski definition) is 7. The molecule has 0 aliphatic carbocycles. The third-order valence-corrected chi connectivity index (χ3v) is 5.54. The molecule has 188 valence electrons. The van der Waals surface area contributed by atoms with Crippen molar-refractivity contribution in [3.8, 4) is 34.5 Å². The summed E-state index contributed by atoms with van der Waals surface area (Å²) in [6.07, 6.45) is 8.47. The normalized spacial score (nSPS) is 10.7. The molecule has 0 spiro atoms. The van der Waals surface area contributed by atoms with Crippen LogP contribution in [0.25, 0.3) is 0 Å². The van der Waals surface area contributed by atoms with Crippen LogP contribution in [0.2, 0.25) is 0 Å². The van der Waals surface area contributed by atoms with Gasteiger partial charge in [-0.15, -0.1) is 0 Å². The molecule has 2 rings (SSSR count). The number of aromatic hydroxyl groups is 2. The van der Waals surface area contributed by atoms with E-state index >= 15 is 0 Å². The van der Waals surface area contributed by atoms with E-state index in [0.29, 0.717) is 24.7 Å². The molecule has 0 fully saturated rings. The standard InChI is InChI=1S/C27H38O7/c1-5-7-9-11-13-33-19-15-21(28)25(23(17-19)31-3)27(30)26-22(29)16-20(18-24(26)32-4)34-14-12-10-8-6-2/h15-18,28-29H,5-14H2,1-4H3. The topological polar surface area (TPSA) is 94.5 Å². The summed E-state index contributed by atoms with van der Waals surface area (Å²) in [6.45, 7) is 5.29. The van der Waals surface area contributed by atoms with Crippen LogP contribution in [-0.2, 0) is 0 Å². The van der Waals surface area contributed by atoms with E-state index < -0.39 is 5.78 Å². The highest BCUT2D eigenvalue weighted by atomic mass is 16.5. The maximum Gasteiger partial charge on any atom is 0.207 e. The van der Waals surface area contributed by atoms with E-state index in [1.807, 2.05) is 0 Å². The largest absolute Gasteiger partial charge is 0.507 e. The lowest BCUT2D eigenvalue weighted by molar-refractivity contribution is 0.102. The Balaban J connectivity index is 2.24. The second kappa shape index (κ2) is 14.2. The molecule has 0 saturated heterocycles. The molecule has 2 N–H and O–H groups in total. The molecular weight excluding hydrogens is 436 g/mol. The Labute approximate surface area is 202 Å². The van der Waals surface area contributed by atoms with Crippen molar-refractivity contribution in [3.63, 3.8) is 0 Å². The van der Waals surface area contributed by atoms with E-state index in [1.54, 1.807) is 12.1 Å². The number of unbranched alkanes of at least 4 members (excludes halogenated alkanes) is 6. The Bertz CT molecular complexity index is 850. The van der Waals surface area contributed by atoms with Crippen molar-refractivity contribution in [1.29, 1.82) is 0 Å². The van der Waals surface area contributed by atoms with Crippen molar-refractivity contribution in [3.05, 3.63) is 35.4 Å². The molecule has 2 aromatic rings. The predicted octanol–water partition coefficient (Wildman–Crippen LogP) is 6.26. The minimum atomic E-state index is -0.632. The summed E-state index contributed by atoms with van der Waals surface area (Å²) in [4.78, 5) is 13.4. The number of phenolic OH excluding ortho intramolecular Hbond substituents is 2. The molecule has 0 amide bonds. The highest BCUT2D eigenvalue weighted by Crippen LogP contribution is 2.40. The fourth-order valence-electron chi connectivity index (χ4n) is 3.66. The minimum Gasteiger partial charge on any atom is -0.507 e. The van der Waals surface area contributed by atoms with Crippen LogP contribution < -0.4 is 18.9 Å². The maximum absolute atomic E-state index is 13.4. The molecular formula is C27H38O7. The van der Waals surface area contributed by atoms with Gasteiger partial charge in [-0.3, -0.25) is 4.79 Å². The molecule has 7 nitrogen and oxygen atoms in total. The van der Waals surface area contributed by atoms with Crippen LogP contribution in [0.1, 0.15) is 81.1 Å². The van der Waals surface area contributed by atoms with E-state index in [-0.39, 0.29) is 34.1 Å². The first-order valence-corrected chi connectivity index (χ1v) is 12.1. The molecule has 0 heterocycles. The van der Waals surface area contributed by atoms with Crippen molar-refractivity contribution in [2.24, 2.45) is 0 Å². The quantitative estimate of drug-likeness (QED) is 0.219. The van der Waals surface area contributed by atoms with Crippen LogP contribution in [0.5, 0.6) is 34.5 Å². The summed E-state index contributed by atoms with van der Waals surface area (Å²) in [6, 6.07) is 5.88. The molecule has 0 unspecified atom stereocenters. The van der Waals surface area contributed by atoms with Gasteiger partial charge >= 0.3 is 0 Å². The monoisotopic (exact) mass is 474 g/mol. The lowest BCUT2D eigenvalue weighted by Gasteiger charge is -2.16. The lowest BCUT2D eigenvalue weighted by Crippen LogP contribution is -2.08. The SMILES string of the molecule is CCCCCCOc1cc(O)c(C(=O)c2c(O)cc(OCCCCCC)cc2OC)c(OC)c1. The maximum atomic E-state index is 13.4. The van der Waals surface area contributed by atoms with Gasteiger partial charge in [0, 0.05) is 24.3 Å². The summed E-state index contributed by atoms with van der Waals surface area (Å²) in [5.41, 5.74) is -0.162. The summed E-state index contributed by atoms with van der Waals surface area (Å²) in [7, 11) is 2.81. The fourth-order valence-corrected chi connectivity index (χ4v) is 3.66. The van der Waals surface area contributed by atoms with Crippen LogP contribution in [0.3, 0.4) is 0 Å². The van der Waals surface area contributed by atoms with Gasteiger partial charge in [0.15, 0.2) is 0 Å². The van der Waals surface area contributed by atoms with Gasteiger partial charge in [-0.1, -0.05) is 52.4 Å². The van der Waals surface area contributed by atoms with Crippen molar-refractivity contribution in [2.75, 3.05) is 27.4 Å². The molecule has 0 aromatic heterocycles. The van der Waals surface area contributed by atoms with Crippen LogP contribution in [-0.4, -0.2) is 43.4 Å². The number of methoxy groups -OCH3 is 2. The van der Waals surface area contributed by atoms with Crippen molar-refractivity contribution >= 4 is 5.78 Å². The van der Waals surface area contributed by atoms with Gasteiger partial charge in [0.1, 0.15) is 45.6 Å². The number of carbonyl (C=O) groups excluding carboxylic acids is 1. The molecule has 0 radical (unpaired) electrons. The number of ether oxygens (including phenoxy) is 4. The van der Waals surface area contributed by atoms with Crippen molar-refractivity contribution < 1.29 is 34.0 Å². The molecule has 34 heavy (non-hydrogen) atoms. The average molecular weight is 475 g/mol. The van der Waals surface area contributed by atoms with Crippen molar-refractivity contribution in [1.82, 2.24) is 0 Å². The Hall–Kier alpha value is -3.09. The fraction of sp³-hybridized carbons (Fsp3) is 0.519. The Morgan fingerprint density at radius 1 is 0.676 bits per heavy atom. The molecule has 0 saturated carbocycles. The van der Waals surface area contributed by atoms with Crippen LogP contribution >= 0.6 is 0 Å². The van der Waals surface area contributed by atoms with Crippen LogP contribution in [0, 0.1) is 0 Å². The summed E-state index contributed by atoms with van der Waals surface area (Å²) >= 11 is 0. The number of benzene rings is 2. The average Bonchev–Trinajstić information content (AvgIpc) is 2.82. The summed E-state index contributed by atoms with van der Waals surface area (Å²) in [5.74, 6) is -0.128. The third-order valence-electron chi connectivity index (χ3n) is 5.54. The van der Waals surface area contributed by atoms with Gasteiger partial charge in [-0.25, -0.2) is 0 Å². The highest BCUT2D eigenvalue weighted by molar-refractivity contribution is 6.15. The second-order valence-corrected chi connectivity index (χ2v) is 8.19. The van der Waals surface area contributed by atoms with Gasteiger partial charge in [-0.05, 0) is 12.8 Å². The first kappa shape index (κ1) is 27.2. The third kappa shape index (κ3) is 7.47. The zero-order chi connectivity index (χ0) is 24.9. The van der Waals surface area contributed by atoms with E-state index in [9.17, 15) is 15.0 Å². The minimum absolute atomic E-state index is 0.0809. The van der Waals surface area contributed by atoms with Gasteiger partial charge in [0.05, 0.1) is 27.4 Å². The highest BCUT2D eigenvalue weighted by Gasteiger charge is 2.27. The second-order valence-electron chi connectivity index (χ2n) is 8.19. The van der Waals surface area contributed by atoms with Crippen LogP contribution in [0.15, 0.2) is 24.3 Å². The van der Waals surface area contributed by atoms with Crippen molar-refractivity contribution in [2.45, 2.75) is 65.2 Å². The van der Waals surface area contributed by atoms with Gasteiger partial charge in [-0.2, -0.15) is 0 Å². The van der Waals surface area contributed by atoms with Crippen LogP contribution in [0.4, 0.5) is 0 Å². The van der Waals surface area contributed by atoms with E-state index in [2.05, 4.69) is 13.8 Å². The van der Waals surface area contributed by atoms with Gasteiger partial charge in [0.25, 0.3) is 0 Å². The summed E-state index contributed by atoms with van der Waals surface area (Å²) in [5, 5.41) is 21.3.